The third-order valence-corrected chi connectivity index (χ3v) is 6.04. The lowest BCUT2D eigenvalue weighted by molar-refractivity contribution is 0.356. The predicted molar refractivity (Wildman–Crippen MR) is 108 cm³/mol. The second-order valence-corrected chi connectivity index (χ2v) is 7.77. The Bertz CT molecular complexity index is 969. The van der Waals surface area contributed by atoms with Crippen LogP contribution in [0.5, 0.6) is 5.75 Å². The Labute approximate surface area is 163 Å². The topological polar surface area (TPSA) is 64.9 Å². The molecule has 3 aromatic rings. The van der Waals surface area contributed by atoms with Crippen molar-refractivity contribution >= 4 is 22.9 Å². The molecule has 1 aliphatic rings. The van der Waals surface area contributed by atoms with Gasteiger partial charge in [0.15, 0.2) is 10.8 Å². The van der Waals surface area contributed by atoms with E-state index >= 15 is 0 Å². The summed E-state index contributed by atoms with van der Waals surface area (Å²) < 4.78 is 8.01. The van der Waals surface area contributed by atoms with Gasteiger partial charge in [0, 0.05) is 17.9 Å². The van der Waals surface area contributed by atoms with E-state index in [2.05, 4.69) is 38.9 Å². The van der Waals surface area contributed by atoms with Gasteiger partial charge in [-0.15, -0.1) is 0 Å². The fourth-order valence-corrected chi connectivity index (χ4v) is 4.57. The van der Waals surface area contributed by atoms with E-state index in [0.29, 0.717) is 0 Å². The zero-order valence-electron chi connectivity index (χ0n) is 16.1. The number of nitrogens with zero attached hydrogens (tertiary/aromatic N) is 4. The lowest BCUT2D eigenvalue weighted by atomic mass is 10.1. The molecule has 0 fully saturated rings. The summed E-state index contributed by atoms with van der Waals surface area (Å²) in [6, 6.07) is 4.48. The summed E-state index contributed by atoms with van der Waals surface area (Å²) in [6.45, 7) is 6.81. The van der Waals surface area contributed by atoms with Gasteiger partial charge in [-0.05, 0) is 50.6 Å². The van der Waals surface area contributed by atoms with E-state index in [1.807, 2.05) is 14.0 Å². The number of imidazole rings is 1. The third-order valence-electron chi connectivity index (χ3n) is 4.94. The minimum atomic E-state index is 0.782. The van der Waals surface area contributed by atoms with Crippen LogP contribution in [-0.2, 0) is 19.4 Å². The quantitative estimate of drug-likeness (QED) is 0.631. The Morgan fingerprint density at radius 3 is 3.00 bits per heavy atom. The zero-order chi connectivity index (χ0) is 18.8. The molecule has 0 unspecified atom stereocenters. The molecule has 7 heteroatoms. The summed E-state index contributed by atoms with van der Waals surface area (Å²) in [5, 5.41) is 4.19. The summed E-state index contributed by atoms with van der Waals surface area (Å²) in [4.78, 5) is 14.9. The van der Waals surface area contributed by atoms with Crippen LogP contribution in [0.3, 0.4) is 0 Å². The van der Waals surface area contributed by atoms with Crippen LogP contribution in [0.15, 0.2) is 28.5 Å². The highest BCUT2D eigenvalue weighted by atomic mass is 32.2. The minimum Gasteiger partial charge on any atom is -0.493 e. The fourth-order valence-electron chi connectivity index (χ4n) is 3.45. The normalized spacial score (nSPS) is 13.1. The van der Waals surface area contributed by atoms with Crippen LogP contribution in [0.4, 0.5) is 0 Å². The Hall–Kier alpha value is -2.12. The van der Waals surface area contributed by atoms with Gasteiger partial charge in [-0.1, -0.05) is 24.8 Å². The second kappa shape index (κ2) is 7.86. The van der Waals surface area contributed by atoms with Crippen LogP contribution in [0.25, 0.3) is 11.2 Å². The van der Waals surface area contributed by atoms with Crippen molar-refractivity contribution in [3.05, 3.63) is 35.3 Å². The molecule has 27 heavy (non-hydrogen) atoms. The maximum Gasteiger partial charge on any atom is 0.175 e. The number of ether oxygens (including phenoxy) is 1. The molecule has 6 nitrogen and oxygen atoms in total. The van der Waals surface area contributed by atoms with Crippen molar-refractivity contribution < 1.29 is 4.74 Å². The molecule has 2 aromatic heterocycles. The van der Waals surface area contributed by atoms with E-state index in [0.717, 1.165) is 66.7 Å². The van der Waals surface area contributed by atoms with Gasteiger partial charge < -0.3 is 14.6 Å². The Morgan fingerprint density at radius 1 is 1.30 bits per heavy atom. The first-order chi connectivity index (χ1) is 13.2. The smallest absolute Gasteiger partial charge is 0.175 e. The summed E-state index contributed by atoms with van der Waals surface area (Å²) >= 11 is 1.71. The van der Waals surface area contributed by atoms with Gasteiger partial charge in [0.1, 0.15) is 17.6 Å². The molecule has 142 valence electrons. The van der Waals surface area contributed by atoms with Crippen molar-refractivity contribution in [1.29, 1.82) is 0 Å². The maximum atomic E-state index is 5.79. The number of benzene rings is 1. The van der Waals surface area contributed by atoms with Crippen LogP contribution in [-0.4, -0.2) is 39.7 Å². The highest BCUT2D eigenvalue weighted by molar-refractivity contribution is 7.99. The average molecular weight is 384 g/mol. The molecule has 4 rings (SSSR count). The monoisotopic (exact) mass is 383 g/mol. The molecule has 0 saturated carbocycles. The van der Waals surface area contributed by atoms with Crippen LogP contribution in [0.2, 0.25) is 0 Å². The Kier molecular flexibility index (Phi) is 5.31. The molecule has 0 atom stereocenters. The van der Waals surface area contributed by atoms with Crippen LogP contribution in [0, 0.1) is 6.92 Å². The molecule has 0 aliphatic carbocycles. The second-order valence-electron chi connectivity index (χ2n) is 6.76. The van der Waals surface area contributed by atoms with Crippen LogP contribution >= 0.6 is 11.8 Å². The molecule has 0 bridgehead atoms. The predicted octanol–water partition coefficient (Wildman–Crippen LogP) is 3.39. The van der Waals surface area contributed by atoms with Gasteiger partial charge in [0.2, 0.25) is 0 Å². The van der Waals surface area contributed by atoms with E-state index in [1.165, 1.54) is 16.0 Å². The Balaban J connectivity index is 1.75. The molecule has 1 aliphatic heterocycles. The lowest BCUT2D eigenvalue weighted by Gasteiger charge is -2.12. The summed E-state index contributed by atoms with van der Waals surface area (Å²) in [7, 11) is 1.98. The van der Waals surface area contributed by atoms with Gasteiger partial charge in [0.05, 0.1) is 12.3 Å². The van der Waals surface area contributed by atoms with Gasteiger partial charge in [0.25, 0.3) is 0 Å². The molecule has 0 amide bonds. The fraction of sp³-hybridized carbons (Fsp3) is 0.450. The van der Waals surface area contributed by atoms with E-state index < -0.39 is 0 Å². The minimum absolute atomic E-state index is 0.782. The molecule has 0 spiro atoms. The first-order valence-electron chi connectivity index (χ1n) is 9.50. The number of fused-ring (bicyclic) bond motifs is 2. The van der Waals surface area contributed by atoms with Crippen molar-refractivity contribution in [3.8, 4) is 5.75 Å². The van der Waals surface area contributed by atoms with Crippen molar-refractivity contribution in [3.63, 3.8) is 0 Å². The summed E-state index contributed by atoms with van der Waals surface area (Å²) in [5.41, 5.74) is 5.39. The number of aromatic nitrogens is 4. The van der Waals surface area contributed by atoms with Crippen LogP contribution < -0.4 is 10.1 Å². The van der Waals surface area contributed by atoms with Crippen molar-refractivity contribution in [2.75, 3.05) is 20.2 Å². The summed E-state index contributed by atoms with van der Waals surface area (Å²) in [6.07, 6.45) is 4.65. The molecule has 3 heterocycles. The first-order valence-corrected chi connectivity index (χ1v) is 10.3. The SMILES string of the molecule is CCc1cc2c(cc1Sc1nc3c(C)ncnc3n1CCCNC)OCC2. The third kappa shape index (κ3) is 3.53. The van der Waals surface area contributed by atoms with Crippen molar-refractivity contribution in [1.82, 2.24) is 24.8 Å². The first kappa shape index (κ1) is 18.3. The highest BCUT2D eigenvalue weighted by Crippen LogP contribution is 2.38. The Morgan fingerprint density at radius 2 is 2.19 bits per heavy atom. The molecular formula is C20H25N5OS. The van der Waals surface area contributed by atoms with Crippen molar-refractivity contribution in [2.24, 2.45) is 0 Å². The number of hydrogen-bond donors (Lipinski definition) is 1. The molecular weight excluding hydrogens is 358 g/mol. The van der Waals surface area contributed by atoms with Gasteiger partial charge >= 0.3 is 0 Å². The molecule has 1 aromatic carbocycles. The molecule has 0 radical (unpaired) electrons. The van der Waals surface area contributed by atoms with Gasteiger partial charge in [-0.25, -0.2) is 15.0 Å². The molecule has 0 saturated heterocycles. The van der Waals surface area contributed by atoms with Crippen molar-refractivity contribution in [2.45, 2.75) is 49.7 Å². The number of rotatable bonds is 7. The van der Waals surface area contributed by atoms with E-state index in [-0.39, 0.29) is 0 Å². The number of nitrogens with one attached hydrogen (secondary N) is 1. The highest BCUT2D eigenvalue weighted by Gasteiger charge is 2.19. The lowest BCUT2D eigenvalue weighted by Crippen LogP contribution is -2.11. The average Bonchev–Trinajstić information content (AvgIpc) is 3.26. The largest absolute Gasteiger partial charge is 0.493 e. The standard InChI is InChI=1S/C20H25N5OS/c1-4-14-10-15-6-9-26-16(15)11-17(14)27-20-24-18-13(2)22-12-23-19(18)25(20)8-5-7-21-3/h10-12,21H,4-9H2,1-3H3. The molecule has 1 N–H and O–H groups in total. The number of hydrogen-bond acceptors (Lipinski definition) is 6. The van der Waals surface area contributed by atoms with E-state index in [9.17, 15) is 0 Å². The zero-order valence-corrected chi connectivity index (χ0v) is 16.9. The van der Waals surface area contributed by atoms with Crippen LogP contribution in [0.1, 0.15) is 30.2 Å². The summed E-state index contributed by atoms with van der Waals surface area (Å²) in [5.74, 6) is 1.02. The van der Waals surface area contributed by atoms with E-state index in [1.54, 1.807) is 18.1 Å². The maximum absolute atomic E-state index is 5.79. The van der Waals surface area contributed by atoms with Gasteiger partial charge in [-0.2, -0.15) is 0 Å². The number of aryl methyl sites for hydroxylation is 3. The van der Waals surface area contributed by atoms with Gasteiger partial charge in [-0.3, -0.25) is 0 Å². The van der Waals surface area contributed by atoms with E-state index in [4.69, 9.17) is 9.72 Å².